The summed E-state index contributed by atoms with van der Waals surface area (Å²) in [5, 5.41) is 9.94. The molecule has 0 aliphatic heterocycles. The molecule has 0 atom stereocenters. The van der Waals surface area contributed by atoms with Gasteiger partial charge >= 0.3 is 5.97 Å². The average molecular weight is 216 g/mol. The van der Waals surface area contributed by atoms with E-state index in [2.05, 4.69) is 5.43 Å². The molecule has 0 fully saturated rings. The number of aromatic carboxylic acids is 1. The van der Waals surface area contributed by atoms with Gasteiger partial charge in [-0.1, -0.05) is 0 Å². The Kier molecular flexibility index (Phi) is 3.21. The topological polar surface area (TPSA) is 52.6 Å². The van der Waals surface area contributed by atoms with Crippen molar-refractivity contribution in [1.82, 2.24) is 5.01 Å². The number of nitrogens with zero attached hydrogens (tertiary/aromatic N) is 1. The molecule has 1 rings (SSSR count). The van der Waals surface area contributed by atoms with E-state index >= 15 is 0 Å². The van der Waals surface area contributed by atoms with E-state index in [-0.39, 0.29) is 5.69 Å². The second-order valence-corrected chi connectivity index (χ2v) is 3.10. The van der Waals surface area contributed by atoms with Crippen molar-refractivity contribution in [2.24, 2.45) is 0 Å². The molecule has 6 heteroatoms. The normalized spacial score (nSPS) is 10.5. The molecule has 2 N–H and O–H groups in total. The van der Waals surface area contributed by atoms with Crippen LogP contribution < -0.4 is 5.43 Å². The molecule has 0 unspecified atom stereocenters. The van der Waals surface area contributed by atoms with Gasteiger partial charge in [-0.15, -0.1) is 0 Å². The Bertz CT molecular complexity index is 394. The molecule has 0 aliphatic carbocycles. The van der Waals surface area contributed by atoms with Crippen molar-refractivity contribution in [3.63, 3.8) is 0 Å². The largest absolute Gasteiger partial charge is 0.478 e. The fourth-order valence-electron chi connectivity index (χ4n) is 1.04. The molecule has 0 amide bonds. The third-order valence-corrected chi connectivity index (χ3v) is 1.66. The van der Waals surface area contributed by atoms with E-state index in [0.717, 1.165) is 6.07 Å². The second-order valence-electron chi connectivity index (χ2n) is 3.10. The number of hydrogen-bond acceptors (Lipinski definition) is 3. The van der Waals surface area contributed by atoms with Crippen molar-refractivity contribution in [3.05, 3.63) is 29.3 Å². The van der Waals surface area contributed by atoms with Crippen LogP contribution in [0.2, 0.25) is 0 Å². The second kappa shape index (κ2) is 4.22. The standard InChI is InChI=1S/C9H10F2N2O2/c1-13(2)12-6-4-3-5(9(14)15)7(10)8(6)11/h3-4,12H,1-2H3,(H,14,15). The zero-order valence-electron chi connectivity index (χ0n) is 8.21. The molecule has 0 saturated heterocycles. The number of halogens is 2. The van der Waals surface area contributed by atoms with Crippen LogP contribution in [0.1, 0.15) is 10.4 Å². The summed E-state index contributed by atoms with van der Waals surface area (Å²) >= 11 is 0. The van der Waals surface area contributed by atoms with Gasteiger partial charge in [0.15, 0.2) is 11.6 Å². The maximum atomic E-state index is 13.3. The van der Waals surface area contributed by atoms with Gasteiger partial charge in [0.1, 0.15) is 0 Å². The lowest BCUT2D eigenvalue weighted by atomic mass is 10.2. The number of nitrogens with one attached hydrogen (secondary N) is 1. The van der Waals surface area contributed by atoms with Gasteiger partial charge in [-0.05, 0) is 12.1 Å². The summed E-state index contributed by atoms with van der Waals surface area (Å²) in [6.07, 6.45) is 0. The predicted octanol–water partition coefficient (Wildman–Crippen LogP) is 1.55. The van der Waals surface area contributed by atoms with Gasteiger partial charge in [0.2, 0.25) is 0 Å². The van der Waals surface area contributed by atoms with Crippen LogP contribution in [0, 0.1) is 11.6 Å². The summed E-state index contributed by atoms with van der Waals surface area (Å²) in [5.74, 6) is -4.07. The minimum Gasteiger partial charge on any atom is -0.478 e. The van der Waals surface area contributed by atoms with Crippen LogP contribution >= 0.6 is 0 Å². The zero-order chi connectivity index (χ0) is 11.6. The number of carboxylic acids is 1. The number of rotatable bonds is 3. The lowest BCUT2D eigenvalue weighted by molar-refractivity contribution is 0.0690. The number of anilines is 1. The minimum atomic E-state index is -1.50. The van der Waals surface area contributed by atoms with Crippen LogP contribution in [0.25, 0.3) is 0 Å². The molecule has 4 nitrogen and oxygen atoms in total. The Morgan fingerprint density at radius 2 is 1.93 bits per heavy atom. The van der Waals surface area contributed by atoms with E-state index in [0.29, 0.717) is 0 Å². The average Bonchev–Trinajstić information content (AvgIpc) is 2.12. The van der Waals surface area contributed by atoms with Crippen molar-refractivity contribution in [2.45, 2.75) is 0 Å². The summed E-state index contributed by atoms with van der Waals surface area (Å²) in [4.78, 5) is 10.5. The third kappa shape index (κ3) is 2.41. The van der Waals surface area contributed by atoms with Gasteiger partial charge in [0.25, 0.3) is 0 Å². The number of benzene rings is 1. The molecule has 0 aromatic heterocycles. The van der Waals surface area contributed by atoms with Crippen molar-refractivity contribution in [3.8, 4) is 0 Å². The Hall–Kier alpha value is -1.69. The first-order valence-corrected chi connectivity index (χ1v) is 4.08. The maximum absolute atomic E-state index is 13.3. The van der Waals surface area contributed by atoms with Gasteiger partial charge in [0, 0.05) is 14.1 Å². The molecular formula is C9H10F2N2O2. The fraction of sp³-hybridized carbons (Fsp3) is 0.222. The quantitative estimate of drug-likeness (QED) is 0.753. The van der Waals surface area contributed by atoms with Crippen LogP contribution in [0.3, 0.4) is 0 Å². The Morgan fingerprint density at radius 1 is 1.33 bits per heavy atom. The first-order valence-electron chi connectivity index (χ1n) is 4.08. The summed E-state index contributed by atoms with van der Waals surface area (Å²) in [7, 11) is 3.20. The molecule has 0 radical (unpaired) electrons. The molecule has 0 aliphatic rings. The van der Waals surface area contributed by atoms with Gasteiger partial charge in [-0.2, -0.15) is 0 Å². The third-order valence-electron chi connectivity index (χ3n) is 1.66. The van der Waals surface area contributed by atoms with Crippen molar-refractivity contribution in [2.75, 3.05) is 19.5 Å². The minimum absolute atomic E-state index is 0.109. The lowest BCUT2D eigenvalue weighted by Gasteiger charge is -2.14. The number of hydrazine groups is 1. The van der Waals surface area contributed by atoms with Gasteiger partial charge in [-0.25, -0.2) is 18.6 Å². The van der Waals surface area contributed by atoms with E-state index in [1.54, 1.807) is 14.1 Å². The smallest absolute Gasteiger partial charge is 0.338 e. The zero-order valence-corrected chi connectivity index (χ0v) is 8.21. The first kappa shape index (κ1) is 11.4. The van der Waals surface area contributed by atoms with E-state index in [4.69, 9.17) is 5.11 Å². The molecule has 82 valence electrons. The van der Waals surface area contributed by atoms with Crippen LogP contribution in [0.5, 0.6) is 0 Å². The van der Waals surface area contributed by atoms with E-state index in [1.807, 2.05) is 0 Å². The first-order chi connectivity index (χ1) is 6.93. The van der Waals surface area contributed by atoms with E-state index in [9.17, 15) is 13.6 Å². The van der Waals surface area contributed by atoms with Crippen molar-refractivity contribution >= 4 is 11.7 Å². The number of carbonyl (C=O) groups is 1. The molecule has 0 heterocycles. The highest BCUT2D eigenvalue weighted by atomic mass is 19.2. The lowest BCUT2D eigenvalue weighted by Crippen LogP contribution is -2.21. The summed E-state index contributed by atoms with van der Waals surface area (Å²) in [6, 6.07) is 2.18. The summed E-state index contributed by atoms with van der Waals surface area (Å²) < 4.78 is 26.4. The highest BCUT2D eigenvalue weighted by molar-refractivity contribution is 5.88. The van der Waals surface area contributed by atoms with Crippen LogP contribution in [0.4, 0.5) is 14.5 Å². The molecule has 0 spiro atoms. The molecule has 0 saturated carbocycles. The van der Waals surface area contributed by atoms with Gasteiger partial charge < -0.3 is 10.5 Å². The van der Waals surface area contributed by atoms with Crippen LogP contribution in [0.15, 0.2) is 12.1 Å². The van der Waals surface area contributed by atoms with E-state index < -0.39 is 23.2 Å². The Morgan fingerprint density at radius 3 is 2.40 bits per heavy atom. The monoisotopic (exact) mass is 216 g/mol. The SMILES string of the molecule is CN(C)Nc1ccc(C(=O)O)c(F)c1F. The van der Waals surface area contributed by atoms with Crippen LogP contribution in [-0.2, 0) is 0 Å². The fourth-order valence-corrected chi connectivity index (χ4v) is 1.04. The van der Waals surface area contributed by atoms with Gasteiger partial charge in [0.05, 0.1) is 11.3 Å². The number of hydrogen-bond donors (Lipinski definition) is 2. The number of carboxylic acid groups (broad SMARTS) is 1. The predicted molar refractivity (Wildman–Crippen MR) is 50.6 cm³/mol. The molecule has 0 bridgehead atoms. The molecular weight excluding hydrogens is 206 g/mol. The highest BCUT2D eigenvalue weighted by Crippen LogP contribution is 2.20. The Balaban J connectivity index is 3.15. The molecule has 1 aromatic carbocycles. The Labute approximate surface area is 85.1 Å². The van der Waals surface area contributed by atoms with Crippen molar-refractivity contribution < 1.29 is 18.7 Å². The summed E-state index contributed by atoms with van der Waals surface area (Å²) in [5.41, 5.74) is 1.71. The van der Waals surface area contributed by atoms with Gasteiger partial charge in [-0.3, -0.25) is 0 Å². The van der Waals surface area contributed by atoms with Crippen LogP contribution in [-0.4, -0.2) is 30.2 Å². The molecule has 15 heavy (non-hydrogen) atoms. The summed E-state index contributed by atoms with van der Waals surface area (Å²) in [6.45, 7) is 0. The van der Waals surface area contributed by atoms with E-state index in [1.165, 1.54) is 11.1 Å². The molecule has 1 aromatic rings. The highest BCUT2D eigenvalue weighted by Gasteiger charge is 2.17. The van der Waals surface area contributed by atoms with Crippen molar-refractivity contribution in [1.29, 1.82) is 0 Å². The maximum Gasteiger partial charge on any atom is 0.338 e.